The monoisotopic (exact) mass is 508 g/mol. The van der Waals surface area contributed by atoms with Crippen LogP contribution in [0.3, 0.4) is 0 Å². The fourth-order valence-corrected chi connectivity index (χ4v) is 6.22. The number of fused-ring (bicyclic) bond motifs is 1. The number of hydrogen-bond donors (Lipinski definition) is 3. The minimum atomic E-state index is -3.34. The Hall–Kier alpha value is -2.36. The highest BCUT2D eigenvalue weighted by Gasteiger charge is 2.31. The third kappa shape index (κ3) is 8.08. The van der Waals surface area contributed by atoms with Crippen LogP contribution in [0.15, 0.2) is 36.4 Å². The van der Waals surface area contributed by atoms with Gasteiger partial charge < -0.3 is 15.7 Å². The molecule has 0 saturated heterocycles. The van der Waals surface area contributed by atoms with Crippen molar-refractivity contribution in [2.75, 3.05) is 12.3 Å². The van der Waals surface area contributed by atoms with Crippen LogP contribution in [-0.2, 0) is 33.2 Å². The lowest BCUT2D eigenvalue weighted by atomic mass is 9.86. The number of carbonyl (C=O) groups is 1. The van der Waals surface area contributed by atoms with Gasteiger partial charge in [-0.15, -0.1) is 0 Å². The van der Waals surface area contributed by atoms with Crippen molar-refractivity contribution in [3.8, 4) is 0 Å². The number of amides is 1. The van der Waals surface area contributed by atoms with Crippen molar-refractivity contribution >= 4 is 15.7 Å². The van der Waals surface area contributed by atoms with Gasteiger partial charge in [0.05, 0.1) is 23.7 Å². The summed E-state index contributed by atoms with van der Waals surface area (Å²) in [5, 5.41) is 16.6. The molecular formula is C26H34F2N2O4S. The van der Waals surface area contributed by atoms with Gasteiger partial charge in [0.15, 0.2) is 9.84 Å². The van der Waals surface area contributed by atoms with Crippen molar-refractivity contribution in [3.63, 3.8) is 0 Å². The molecule has 2 aromatic rings. The minimum Gasteiger partial charge on any atom is -0.390 e. The van der Waals surface area contributed by atoms with Crippen molar-refractivity contribution in [1.29, 1.82) is 0 Å². The number of hydrogen-bond acceptors (Lipinski definition) is 5. The highest BCUT2D eigenvalue weighted by molar-refractivity contribution is 7.90. The number of aliphatic hydroxyl groups excluding tert-OH is 1. The summed E-state index contributed by atoms with van der Waals surface area (Å²) in [6.45, 7) is 7.67. The SMILES string of the molecule is CC(=O)N[C@@H](Cc1cc(F)cc(F)c1)[C@H](O)CN[C@H]1CS(=O)(=O)Cc2ccc(CC(C)(C)C)cc21. The zero-order chi connectivity index (χ0) is 26.0. The number of aliphatic hydroxyl groups is 1. The summed E-state index contributed by atoms with van der Waals surface area (Å²) in [6.07, 6.45) is -0.292. The van der Waals surface area contributed by atoms with Gasteiger partial charge in [0.25, 0.3) is 0 Å². The zero-order valence-corrected chi connectivity index (χ0v) is 21.4. The van der Waals surface area contributed by atoms with Crippen LogP contribution in [0.25, 0.3) is 0 Å². The normalized spacial score (nSPS) is 19.0. The van der Waals surface area contributed by atoms with Crippen LogP contribution in [0, 0.1) is 17.0 Å². The lowest BCUT2D eigenvalue weighted by Crippen LogP contribution is -2.49. The second-order valence-electron chi connectivity index (χ2n) is 10.6. The molecule has 192 valence electrons. The first-order valence-electron chi connectivity index (χ1n) is 11.7. The zero-order valence-electron chi connectivity index (χ0n) is 20.6. The molecule has 0 unspecified atom stereocenters. The second kappa shape index (κ2) is 10.7. The van der Waals surface area contributed by atoms with Crippen LogP contribution in [-0.4, -0.2) is 43.9 Å². The minimum absolute atomic E-state index is 0.00634. The first-order valence-corrected chi connectivity index (χ1v) is 13.5. The fourth-order valence-electron chi connectivity index (χ4n) is 4.56. The van der Waals surface area contributed by atoms with E-state index >= 15 is 0 Å². The molecule has 0 fully saturated rings. The molecule has 3 N–H and O–H groups in total. The second-order valence-corrected chi connectivity index (χ2v) is 12.8. The molecule has 1 aliphatic heterocycles. The molecule has 1 amide bonds. The van der Waals surface area contributed by atoms with E-state index in [4.69, 9.17) is 0 Å². The predicted octanol–water partition coefficient (Wildman–Crippen LogP) is 3.22. The average molecular weight is 509 g/mol. The van der Waals surface area contributed by atoms with Crippen molar-refractivity contribution < 1.29 is 27.1 Å². The third-order valence-electron chi connectivity index (χ3n) is 5.92. The first-order chi connectivity index (χ1) is 16.2. The molecule has 2 aromatic carbocycles. The number of nitrogens with one attached hydrogen (secondary N) is 2. The van der Waals surface area contributed by atoms with Gasteiger partial charge in [0, 0.05) is 25.6 Å². The molecule has 0 aliphatic carbocycles. The maximum absolute atomic E-state index is 13.6. The quantitative estimate of drug-likeness (QED) is 0.509. The van der Waals surface area contributed by atoms with Crippen molar-refractivity contribution in [2.24, 2.45) is 5.41 Å². The Balaban J connectivity index is 1.79. The van der Waals surface area contributed by atoms with E-state index in [0.29, 0.717) is 0 Å². The summed E-state index contributed by atoms with van der Waals surface area (Å²) in [4.78, 5) is 11.7. The van der Waals surface area contributed by atoms with Crippen molar-refractivity contribution in [3.05, 3.63) is 70.3 Å². The fraction of sp³-hybridized carbons (Fsp3) is 0.500. The molecule has 3 atom stereocenters. The van der Waals surface area contributed by atoms with E-state index in [2.05, 4.69) is 31.4 Å². The topological polar surface area (TPSA) is 95.5 Å². The number of sulfone groups is 1. The van der Waals surface area contributed by atoms with E-state index < -0.39 is 45.6 Å². The Morgan fingerprint density at radius 1 is 1.11 bits per heavy atom. The molecule has 0 aromatic heterocycles. The Kier molecular flexibility index (Phi) is 8.34. The first kappa shape index (κ1) is 27.2. The molecule has 0 bridgehead atoms. The van der Waals surface area contributed by atoms with Crippen LogP contribution in [0.1, 0.15) is 56.0 Å². The summed E-state index contributed by atoms with van der Waals surface area (Å²) < 4.78 is 52.3. The lowest BCUT2D eigenvalue weighted by molar-refractivity contribution is -0.120. The Bertz CT molecular complexity index is 1160. The maximum atomic E-state index is 13.6. The van der Waals surface area contributed by atoms with E-state index in [9.17, 15) is 27.1 Å². The predicted molar refractivity (Wildman–Crippen MR) is 132 cm³/mol. The molecule has 35 heavy (non-hydrogen) atoms. The Morgan fingerprint density at radius 3 is 2.37 bits per heavy atom. The highest BCUT2D eigenvalue weighted by Crippen LogP contribution is 2.31. The van der Waals surface area contributed by atoms with Gasteiger partial charge >= 0.3 is 0 Å². The van der Waals surface area contributed by atoms with Crippen LogP contribution in [0.4, 0.5) is 8.78 Å². The van der Waals surface area contributed by atoms with Gasteiger partial charge in [-0.1, -0.05) is 39.0 Å². The van der Waals surface area contributed by atoms with E-state index in [1.165, 1.54) is 6.92 Å². The number of rotatable bonds is 8. The molecule has 0 spiro atoms. The van der Waals surface area contributed by atoms with E-state index in [1.54, 1.807) is 0 Å². The van der Waals surface area contributed by atoms with E-state index in [1.807, 2.05) is 18.2 Å². The number of benzene rings is 2. The molecule has 6 nitrogen and oxygen atoms in total. The van der Waals surface area contributed by atoms with Gasteiger partial charge in [-0.3, -0.25) is 4.79 Å². The van der Waals surface area contributed by atoms with E-state index in [0.717, 1.165) is 41.3 Å². The summed E-state index contributed by atoms with van der Waals surface area (Å²) in [5.74, 6) is -2.03. The largest absolute Gasteiger partial charge is 0.390 e. The van der Waals surface area contributed by atoms with Gasteiger partial charge in [-0.05, 0) is 52.6 Å². The van der Waals surface area contributed by atoms with E-state index in [-0.39, 0.29) is 35.4 Å². The van der Waals surface area contributed by atoms with Crippen LogP contribution < -0.4 is 10.6 Å². The molecule has 3 rings (SSSR count). The number of halogens is 2. The molecular weight excluding hydrogens is 474 g/mol. The molecule has 9 heteroatoms. The highest BCUT2D eigenvalue weighted by atomic mass is 32.2. The molecule has 1 aliphatic rings. The van der Waals surface area contributed by atoms with Crippen LogP contribution >= 0.6 is 0 Å². The van der Waals surface area contributed by atoms with Crippen LogP contribution in [0.5, 0.6) is 0 Å². The van der Waals surface area contributed by atoms with Crippen molar-refractivity contribution in [1.82, 2.24) is 10.6 Å². The van der Waals surface area contributed by atoms with Gasteiger partial charge in [0.2, 0.25) is 5.91 Å². The summed E-state index contributed by atoms with van der Waals surface area (Å²) in [5.41, 5.74) is 3.08. The smallest absolute Gasteiger partial charge is 0.217 e. The summed E-state index contributed by atoms with van der Waals surface area (Å²) in [6, 6.07) is 7.55. The van der Waals surface area contributed by atoms with Crippen LogP contribution in [0.2, 0.25) is 0 Å². The van der Waals surface area contributed by atoms with Gasteiger partial charge in [0.1, 0.15) is 11.6 Å². The summed E-state index contributed by atoms with van der Waals surface area (Å²) >= 11 is 0. The number of carbonyl (C=O) groups excluding carboxylic acids is 1. The summed E-state index contributed by atoms with van der Waals surface area (Å²) in [7, 11) is -3.34. The van der Waals surface area contributed by atoms with Gasteiger partial charge in [-0.25, -0.2) is 17.2 Å². The van der Waals surface area contributed by atoms with Crippen molar-refractivity contribution in [2.45, 2.75) is 64.5 Å². The lowest BCUT2D eigenvalue weighted by Gasteiger charge is -2.30. The molecule has 0 radical (unpaired) electrons. The Morgan fingerprint density at radius 2 is 1.77 bits per heavy atom. The molecule has 0 saturated carbocycles. The third-order valence-corrected chi connectivity index (χ3v) is 7.51. The Labute approximate surface area is 206 Å². The maximum Gasteiger partial charge on any atom is 0.217 e. The van der Waals surface area contributed by atoms with Gasteiger partial charge in [-0.2, -0.15) is 0 Å². The standard InChI is InChI=1S/C26H34F2N2O4S/c1-16(31)30-23(10-18-7-20(27)11-21(28)8-18)25(32)13-29-24-15-35(33,34)14-19-6-5-17(9-22(19)24)12-26(2,3)4/h5-9,11,23-25,29,32H,10,12-15H2,1-4H3,(H,30,31)/t23-,24-,25+/m0/s1. The average Bonchev–Trinajstić information content (AvgIpc) is 2.69. The molecule has 1 heterocycles.